The second-order valence-corrected chi connectivity index (χ2v) is 7.12. The Balaban J connectivity index is 1.56. The first kappa shape index (κ1) is 18.0. The van der Waals surface area contributed by atoms with Crippen LogP contribution < -0.4 is 5.32 Å². The van der Waals surface area contributed by atoms with E-state index in [2.05, 4.69) is 10.2 Å². The maximum Gasteiger partial charge on any atom is 0.292 e. The van der Waals surface area contributed by atoms with Crippen molar-refractivity contribution in [3.05, 3.63) is 68.2 Å². The first-order chi connectivity index (χ1) is 12.0. The van der Waals surface area contributed by atoms with Crippen molar-refractivity contribution in [1.82, 2.24) is 4.90 Å². The van der Waals surface area contributed by atoms with Crippen molar-refractivity contribution in [2.45, 2.75) is 25.4 Å². The molecule has 5 nitrogen and oxygen atoms in total. The van der Waals surface area contributed by atoms with Crippen molar-refractivity contribution >= 4 is 34.6 Å². The third-order valence-corrected chi connectivity index (χ3v) is 4.81. The zero-order valence-electron chi connectivity index (χ0n) is 13.6. The van der Waals surface area contributed by atoms with Crippen LogP contribution in [0.1, 0.15) is 18.4 Å². The first-order valence-corrected chi connectivity index (χ1v) is 8.94. The first-order valence-electron chi connectivity index (χ1n) is 8.18. The summed E-state index contributed by atoms with van der Waals surface area (Å²) in [4.78, 5) is 13.1. The average Bonchev–Trinajstić information content (AvgIpc) is 2.56. The summed E-state index contributed by atoms with van der Waals surface area (Å²) < 4.78 is 0. The monoisotopic (exact) mass is 379 g/mol. The van der Waals surface area contributed by atoms with Gasteiger partial charge in [-0.3, -0.25) is 15.0 Å². The Labute approximate surface area is 156 Å². The Morgan fingerprint density at radius 1 is 1.12 bits per heavy atom. The van der Waals surface area contributed by atoms with Crippen LogP contribution >= 0.6 is 23.2 Å². The Morgan fingerprint density at radius 3 is 2.40 bits per heavy atom. The van der Waals surface area contributed by atoms with Crippen molar-refractivity contribution in [2.75, 3.05) is 18.4 Å². The Morgan fingerprint density at radius 2 is 1.76 bits per heavy atom. The average molecular weight is 380 g/mol. The van der Waals surface area contributed by atoms with Gasteiger partial charge in [-0.15, -0.1) is 0 Å². The molecule has 0 amide bonds. The summed E-state index contributed by atoms with van der Waals surface area (Å²) in [6.45, 7) is 2.64. The molecule has 0 unspecified atom stereocenters. The number of halogens is 2. The van der Waals surface area contributed by atoms with Gasteiger partial charge in [0.25, 0.3) is 5.69 Å². The van der Waals surface area contributed by atoms with E-state index in [1.165, 1.54) is 6.07 Å². The van der Waals surface area contributed by atoms with Gasteiger partial charge >= 0.3 is 0 Å². The molecule has 2 aromatic carbocycles. The predicted molar refractivity (Wildman–Crippen MR) is 101 cm³/mol. The van der Waals surface area contributed by atoms with E-state index in [0.29, 0.717) is 15.7 Å². The minimum absolute atomic E-state index is 0.124. The molecule has 0 radical (unpaired) electrons. The molecule has 3 rings (SSSR count). The zero-order valence-corrected chi connectivity index (χ0v) is 15.1. The summed E-state index contributed by atoms with van der Waals surface area (Å²) in [5.41, 5.74) is 1.81. The van der Waals surface area contributed by atoms with E-state index in [1.807, 2.05) is 18.2 Å². The Bertz CT molecular complexity index is 741. The number of likely N-dealkylation sites (tertiary alicyclic amines) is 1. The van der Waals surface area contributed by atoms with Crippen LogP contribution in [0.15, 0.2) is 42.5 Å². The topological polar surface area (TPSA) is 58.4 Å². The summed E-state index contributed by atoms with van der Waals surface area (Å²) in [7, 11) is 0. The van der Waals surface area contributed by atoms with E-state index in [1.54, 1.807) is 18.2 Å². The number of benzene rings is 2. The summed E-state index contributed by atoms with van der Waals surface area (Å²) >= 11 is 12.1. The number of piperidine rings is 1. The molecule has 2 aromatic rings. The van der Waals surface area contributed by atoms with Gasteiger partial charge in [0.2, 0.25) is 0 Å². The molecule has 1 saturated heterocycles. The number of nitro benzene ring substituents is 1. The van der Waals surface area contributed by atoms with E-state index >= 15 is 0 Å². The fourth-order valence-electron chi connectivity index (χ4n) is 3.17. The molecule has 0 bridgehead atoms. The molecule has 0 atom stereocenters. The second kappa shape index (κ2) is 8.04. The summed E-state index contributed by atoms with van der Waals surface area (Å²) in [6, 6.07) is 12.6. The largest absolute Gasteiger partial charge is 0.377 e. The molecule has 0 aromatic heterocycles. The van der Waals surface area contributed by atoms with E-state index < -0.39 is 0 Å². The van der Waals surface area contributed by atoms with Gasteiger partial charge in [0.05, 0.1) is 4.92 Å². The van der Waals surface area contributed by atoms with Gasteiger partial charge in [-0.25, -0.2) is 0 Å². The van der Waals surface area contributed by atoms with Gasteiger partial charge in [-0.1, -0.05) is 35.3 Å². The SMILES string of the molecule is O=[N+]([O-])c1ccccc1NC1CCN(Cc2cc(Cl)cc(Cl)c2)CC1. The van der Waals surface area contributed by atoms with Crippen molar-refractivity contribution in [2.24, 2.45) is 0 Å². The van der Waals surface area contributed by atoms with Gasteiger partial charge in [-0.2, -0.15) is 0 Å². The highest BCUT2D eigenvalue weighted by Gasteiger charge is 2.22. The van der Waals surface area contributed by atoms with Gasteiger partial charge in [-0.05, 0) is 42.7 Å². The maximum absolute atomic E-state index is 11.1. The van der Waals surface area contributed by atoms with Crippen LogP contribution in [0, 0.1) is 10.1 Å². The maximum atomic E-state index is 11.1. The number of rotatable bonds is 5. The molecule has 132 valence electrons. The minimum Gasteiger partial charge on any atom is -0.377 e. The van der Waals surface area contributed by atoms with Crippen LogP contribution in [0.5, 0.6) is 0 Å². The zero-order chi connectivity index (χ0) is 17.8. The summed E-state index contributed by atoms with van der Waals surface area (Å²) in [6.07, 6.45) is 1.86. The molecule has 1 heterocycles. The van der Waals surface area contributed by atoms with Gasteiger partial charge < -0.3 is 5.32 Å². The number of nitrogens with zero attached hydrogens (tertiary/aromatic N) is 2. The van der Waals surface area contributed by atoms with E-state index in [0.717, 1.165) is 38.0 Å². The molecule has 1 fully saturated rings. The highest BCUT2D eigenvalue weighted by atomic mass is 35.5. The van der Waals surface area contributed by atoms with Crippen molar-refractivity contribution < 1.29 is 4.92 Å². The van der Waals surface area contributed by atoms with Gasteiger partial charge in [0, 0.05) is 41.8 Å². The van der Waals surface area contributed by atoms with Crippen LogP contribution in [0.3, 0.4) is 0 Å². The number of hydrogen-bond donors (Lipinski definition) is 1. The van der Waals surface area contributed by atoms with Crippen molar-refractivity contribution in [1.29, 1.82) is 0 Å². The number of hydrogen-bond acceptors (Lipinski definition) is 4. The molecule has 0 spiro atoms. The van der Waals surface area contributed by atoms with Crippen LogP contribution in [-0.4, -0.2) is 29.0 Å². The molecule has 7 heteroatoms. The molecule has 0 saturated carbocycles. The van der Waals surface area contributed by atoms with E-state index in [-0.39, 0.29) is 16.7 Å². The Kier molecular flexibility index (Phi) is 5.78. The van der Waals surface area contributed by atoms with Crippen LogP contribution in [0.2, 0.25) is 10.0 Å². The molecule has 1 aliphatic heterocycles. The minimum atomic E-state index is -0.347. The molecule has 25 heavy (non-hydrogen) atoms. The summed E-state index contributed by atoms with van der Waals surface area (Å²) in [5.74, 6) is 0. The molecule has 1 N–H and O–H groups in total. The lowest BCUT2D eigenvalue weighted by atomic mass is 10.0. The van der Waals surface area contributed by atoms with Crippen molar-refractivity contribution in [3.8, 4) is 0 Å². The molecule has 1 aliphatic rings. The lowest BCUT2D eigenvalue weighted by Crippen LogP contribution is -2.38. The molecular weight excluding hydrogens is 361 g/mol. The standard InChI is InChI=1S/C18H19Cl2N3O2/c19-14-9-13(10-15(20)11-14)12-22-7-5-16(6-8-22)21-17-3-1-2-4-18(17)23(24)25/h1-4,9-11,16,21H,5-8,12H2. The third-order valence-electron chi connectivity index (χ3n) is 4.38. The van der Waals surface area contributed by atoms with Crippen LogP contribution in [0.4, 0.5) is 11.4 Å². The summed E-state index contributed by atoms with van der Waals surface area (Å²) in [5, 5.41) is 15.7. The quantitative estimate of drug-likeness (QED) is 0.587. The Hall–Kier alpha value is -1.82. The normalized spacial score (nSPS) is 15.9. The number of para-hydroxylation sites is 2. The molecule has 0 aliphatic carbocycles. The molecular formula is C18H19Cl2N3O2. The van der Waals surface area contributed by atoms with E-state index in [4.69, 9.17) is 23.2 Å². The van der Waals surface area contributed by atoms with Crippen LogP contribution in [0.25, 0.3) is 0 Å². The highest BCUT2D eigenvalue weighted by Crippen LogP contribution is 2.27. The fraction of sp³-hybridized carbons (Fsp3) is 0.333. The smallest absolute Gasteiger partial charge is 0.292 e. The van der Waals surface area contributed by atoms with Crippen molar-refractivity contribution in [3.63, 3.8) is 0 Å². The number of nitrogens with one attached hydrogen (secondary N) is 1. The van der Waals surface area contributed by atoms with Crippen LogP contribution in [-0.2, 0) is 6.54 Å². The highest BCUT2D eigenvalue weighted by molar-refractivity contribution is 6.34. The van der Waals surface area contributed by atoms with Gasteiger partial charge in [0.1, 0.15) is 5.69 Å². The lowest BCUT2D eigenvalue weighted by Gasteiger charge is -2.32. The second-order valence-electron chi connectivity index (χ2n) is 6.25. The fourth-order valence-corrected chi connectivity index (χ4v) is 3.74. The van der Waals surface area contributed by atoms with Gasteiger partial charge in [0.15, 0.2) is 0 Å². The lowest BCUT2D eigenvalue weighted by molar-refractivity contribution is -0.384. The predicted octanol–water partition coefficient (Wildman–Crippen LogP) is 4.98. The number of nitro groups is 1. The number of anilines is 1. The third kappa shape index (κ3) is 4.84. The van der Waals surface area contributed by atoms with E-state index in [9.17, 15) is 10.1 Å².